The summed E-state index contributed by atoms with van der Waals surface area (Å²) in [5, 5.41) is 12.0. The van der Waals surface area contributed by atoms with Gasteiger partial charge in [-0.2, -0.15) is 0 Å². The highest BCUT2D eigenvalue weighted by Crippen LogP contribution is 2.42. The van der Waals surface area contributed by atoms with Gasteiger partial charge in [-0.3, -0.25) is 10.1 Å². The molecule has 1 aliphatic heterocycles. The molecule has 0 saturated heterocycles. The Balaban J connectivity index is 2.16. The van der Waals surface area contributed by atoms with Crippen LogP contribution in [0.1, 0.15) is 24.2 Å². The van der Waals surface area contributed by atoms with Crippen molar-refractivity contribution in [3.63, 3.8) is 0 Å². The van der Waals surface area contributed by atoms with Crippen LogP contribution in [0.2, 0.25) is 5.02 Å². The van der Waals surface area contributed by atoms with E-state index in [0.717, 1.165) is 5.56 Å². The van der Waals surface area contributed by atoms with Gasteiger partial charge in [-0.25, -0.2) is 0 Å². The molecule has 3 rings (SSSR count). The first-order valence-corrected chi connectivity index (χ1v) is 6.82. The highest BCUT2D eigenvalue weighted by molar-refractivity contribution is 6.30. The van der Waals surface area contributed by atoms with Crippen molar-refractivity contribution in [3.8, 4) is 5.75 Å². The van der Waals surface area contributed by atoms with E-state index in [1.54, 1.807) is 31.2 Å². The zero-order valence-electron chi connectivity index (χ0n) is 11.2. The van der Waals surface area contributed by atoms with Crippen LogP contribution in [0, 0.1) is 10.1 Å². The minimum Gasteiger partial charge on any atom is -0.474 e. The average Bonchev–Trinajstić information content (AvgIpc) is 2.47. The normalized spacial score (nSPS) is 17.1. The van der Waals surface area contributed by atoms with E-state index in [1.165, 1.54) is 0 Å². The van der Waals surface area contributed by atoms with Crippen LogP contribution in [-0.2, 0) is 0 Å². The standard InChI is InChI=1S/C16H12ClNO3/c1-10-13-4-2-3-5-14(13)21-16(15(10)18(19)20)11-6-8-12(17)9-7-11/h2-9,16H,1H3. The molecule has 2 aromatic carbocycles. The van der Waals surface area contributed by atoms with E-state index in [-0.39, 0.29) is 10.6 Å². The summed E-state index contributed by atoms with van der Waals surface area (Å²) in [7, 11) is 0. The van der Waals surface area contributed by atoms with Crippen LogP contribution in [0.5, 0.6) is 5.75 Å². The molecule has 2 aromatic rings. The molecule has 0 aromatic heterocycles. The highest BCUT2D eigenvalue weighted by Gasteiger charge is 2.36. The molecule has 1 unspecified atom stereocenters. The van der Waals surface area contributed by atoms with Crippen LogP contribution < -0.4 is 4.74 Å². The van der Waals surface area contributed by atoms with Crippen LogP contribution in [0.15, 0.2) is 54.2 Å². The molecule has 5 heteroatoms. The van der Waals surface area contributed by atoms with E-state index in [9.17, 15) is 10.1 Å². The number of ether oxygens (including phenoxy) is 1. The van der Waals surface area contributed by atoms with Crippen molar-refractivity contribution in [3.05, 3.63) is 80.5 Å². The van der Waals surface area contributed by atoms with E-state index in [0.29, 0.717) is 21.9 Å². The first-order chi connectivity index (χ1) is 10.1. The van der Waals surface area contributed by atoms with Crippen molar-refractivity contribution in [2.24, 2.45) is 0 Å². The Morgan fingerprint density at radius 2 is 1.81 bits per heavy atom. The lowest BCUT2D eigenvalue weighted by atomic mass is 9.95. The van der Waals surface area contributed by atoms with Crippen molar-refractivity contribution in [2.75, 3.05) is 0 Å². The summed E-state index contributed by atoms with van der Waals surface area (Å²) in [6.45, 7) is 1.75. The molecule has 4 nitrogen and oxygen atoms in total. The SMILES string of the molecule is CC1=C([N+](=O)[O-])C(c2ccc(Cl)cc2)Oc2ccccc21. The maximum Gasteiger partial charge on any atom is 0.294 e. The van der Waals surface area contributed by atoms with Gasteiger partial charge < -0.3 is 4.74 Å². The topological polar surface area (TPSA) is 52.4 Å². The van der Waals surface area contributed by atoms with Crippen LogP contribution in [-0.4, -0.2) is 4.92 Å². The molecule has 1 aliphatic rings. The first-order valence-electron chi connectivity index (χ1n) is 6.44. The molecular weight excluding hydrogens is 290 g/mol. The number of hydrogen-bond donors (Lipinski definition) is 0. The van der Waals surface area contributed by atoms with Gasteiger partial charge in [-0.05, 0) is 25.1 Å². The maximum absolute atomic E-state index is 11.5. The molecule has 0 spiro atoms. The van der Waals surface area contributed by atoms with Gasteiger partial charge >= 0.3 is 0 Å². The van der Waals surface area contributed by atoms with E-state index in [1.807, 2.05) is 24.3 Å². The Bertz CT molecular complexity index is 737. The van der Waals surface area contributed by atoms with Gasteiger partial charge in [0.2, 0.25) is 6.10 Å². The molecule has 1 atom stereocenters. The number of nitro groups is 1. The monoisotopic (exact) mass is 301 g/mol. The highest BCUT2D eigenvalue weighted by atomic mass is 35.5. The fourth-order valence-corrected chi connectivity index (χ4v) is 2.62. The van der Waals surface area contributed by atoms with E-state index < -0.39 is 6.10 Å². The first kappa shape index (κ1) is 13.6. The van der Waals surface area contributed by atoms with Gasteiger partial charge in [0.05, 0.1) is 4.92 Å². The van der Waals surface area contributed by atoms with Crippen LogP contribution in [0.3, 0.4) is 0 Å². The van der Waals surface area contributed by atoms with Gasteiger partial charge in [0.25, 0.3) is 5.70 Å². The van der Waals surface area contributed by atoms with Crippen molar-refractivity contribution in [1.29, 1.82) is 0 Å². The predicted octanol–water partition coefficient (Wildman–Crippen LogP) is 4.48. The number of para-hydroxylation sites is 1. The molecule has 21 heavy (non-hydrogen) atoms. The van der Waals surface area contributed by atoms with Crippen molar-refractivity contribution < 1.29 is 9.66 Å². The summed E-state index contributed by atoms with van der Waals surface area (Å²) < 4.78 is 5.86. The summed E-state index contributed by atoms with van der Waals surface area (Å²) in [6.07, 6.45) is -0.729. The Kier molecular flexibility index (Phi) is 3.39. The molecule has 0 bridgehead atoms. The second-order valence-electron chi connectivity index (χ2n) is 4.81. The second kappa shape index (κ2) is 5.22. The molecule has 0 radical (unpaired) electrons. The molecule has 0 fully saturated rings. The fraction of sp³-hybridized carbons (Fsp3) is 0.125. The lowest BCUT2D eigenvalue weighted by molar-refractivity contribution is -0.435. The average molecular weight is 302 g/mol. The van der Waals surface area contributed by atoms with E-state index >= 15 is 0 Å². The predicted molar refractivity (Wildman–Crippen MR) is 80.9 cm³/mol. The lowest BCUT2D eigenvalue weighted by Gasteiger charge is -2.25. The van der Waals surface area contributed by atoms with Gasteiger partial charge in [-0.1, -0.05) is 41.9 Å². The summed E-state index contributed by atoms with van der Waals surface area (Å²) in [4.78, 5) is 11.1. The van der Waals surface area contributed by atoms with E-state index in [4.69, 9.17) is 16.3 Å². The quantitative estimate of drug-likeness (QED) is 0.607. The minimum atomic E-state index is -0.729. The number of benzene rings is 2. The Labute approximate surface area is 126 Å². The second-order valence-corrected chi connectivity index (χ2v) is 5.25. The number of hydrogen-bond acceptors (Lipinski definition) is 3. The van der Waals surface area contributed by atoms with Crippen molar-refractivity contribution >= 4 is 17.2 Å². The number of halogens is 1. The molecule has 0 aliphatic carbocycles. The summed E-state index contributed by atoms with van der Waals surface area (Å²) in [5.74, 6) is 0.653. The summed E-state index contributed by atoms with van der Waals surface area (Å²) in [5.41, 5.74) is 2.16. The van der Waals surface area contributed by atoms with Gasteiger partial charge in [0, 0.05) is 21.7 Å². The zero-order valence-corrected chi connectivity index (χ0v) is 12.0. The maximum atomic E-state index is 11.5. The van der Waals surface area contributed by atoms with E-state index in [2.05, 4.69) is 0 Å². The Morgan fingerprint density at radius 1 is 1.14 bits per heavy atom. The van der Waals surface area contributed by atoms with Gasteiger partial charge in [0.1, 0.15) is 5.75 Å². The van der Waals surface area contributed by atoms with Crippen molar-refractivity contribution in [2.45, 2.75) is 13.0 Å². The number of rotatable bonds is 2. The fourth-order valence-electron chi connectivity index (χ4n) is 2.49. The largest absolute Gasteiger partial charge is 0.474 e. The smallest absolute Gasteiger partial charge is 0.294 e. The van der Waals surface area contributed by atoms with Crippen LogP contribution in [0.4, 0.5) is 0 Å². The molecule has 0 saturated carbocycles. The molecule has 0 amide bonds. The van der Waals surface area contributed by atoms with Gasteiger partial charge in [0.15, 0.2) is 0 Å². The lowest BCUT2D eigenvalue weighted by Crippen LogP contribution is -2.21. The number of fused-ring (bicyclic) bond motifs is 1. The molecule has 106 valence electrons. The van der Waals surface area contributed by atoms with Crippen LogP contribution in [0.25, 0.3) is 5.57 Å². The van der Waals surface area contributed by atoms with Crippen LogP contribution >= 0.6 is 11.6 Å². The summed E-state index contributed by atoms with van der Waals surface area (Å²) in [6, 6.07) is 14.2. The third-order valence-corrected chi connectivity index (χ3v) is 3.79. The third kappa shape index (κ3) is 2.38. The van der Waals surface area contributed by atoms with Gasteiger partial charge in [-0.15, -0.1) is 0 Å². The Morgan fingerprint density at radius 3 is 2.48 bits per heavy atom. The van der Waals surface area contributed by atoms with Crippen molar-refractivity contribution in [1.82, 2.24) is 0 Å². The third-order valence-electron chi connectivity index (χ3n) is 3.54. The molecular formula is C16H12ClNO3. The molecule has 0 N–H and O–H groups in total. The molecule has 1 heterocycles. The zero-order chi connectivity index (χ0) is 15.0. The number of allylic oxidation sites excluding steroid dienone is 1. The summed E-state index contributed by atoms with van der Waals surface area (Å²) >= 11 is 5.87. The minimum absolute atomic E-state index is 0.0658. The number of nitrogens with zero attached hydrogens (tertiary/aromatic N) is 1. The Hall–Kier alpha value is -2.33.